The molecule has 0 aliphatic heterocycles. The fourth-order valence-corrected chi connectivity index (χ4v) is 2.68. The topological polar surface area (TPSA) is 98.5 Å². The molecule has 1 N–H and O–H groups in total. The Labute approximate surface area is 146 Å². The average Bonchev–Trinajstić information content (AvgIpc) is 3.05. The number of nitrogens with zero attached hydrogens (tertiary/aromatic N) is 1. The zero-order chi connectivity index (χ0) is 18.6. The van der Waals surface area contributed by atoms with E-state index >= 15 is 0 Å². The maximum absolute atomic E-state index is 12.9. The second kappa shape index (κ2) is 7.84. The molecule has 7 nitrogen and oxygen atoms in total. The molecule has 2 aromatic rings. The van der Waals surface area contributed by atoms with Gasteiger partial charge in [-0.3, -0.25) is 14.9 Å². The second-order valence-electron chi connectivity index (χ2n) is 5.22. The largest absolute Gasteiger partial charge is 0.448 e. The molecule has 0 bridgehead atoms. The summed E-state index contributed by atoms with van der Waals surface area (Å²) < 4.78 is 17.9. The molecule has 0 saturated carbocycles. The van der Waals surface area contributed by atoms with Gasteiger partial charge in [0.05, 0.1) is 11.0 Å². The second-order valence-corrected chi connectivity index (χ2v) is 6.29. The lowest BCUT2D eigenvalue weighted by molar-refractivity contribution is -0.380. The van der Waals surface area contributed by atoms with Crippen LogP contribution in [0.15, 0.2) is 36.4 Å². The van der Waals surface area contributed by atoms with Crippen LogP contribution in [0.3, 0.4) is 0 Å². The average molecular weight is 366 g/mol. The van der Waals surface area contributed by atoms with Crippen molar-refractivity contribution in [2.45, 2.75) is 26.0 Å². The van der Waals surface area contributed by atoms with E-state index in [4.69, 9.17) is 4.74 Å². The molecule has 1 amide bonds. The third-order valence-electron chi connectivity index (χ3n) is 3.35. The molecule has 2 rings (SSSR count). The lowest BCUT2D eigenvalue weighted by atomic mass is 10.1. The van der Waals surface area contributed by atoms with Crippen LogP contribution in [0.5, 0.6) is 0 Å². The van der Waals surface area contributed by atoms with Gasteiger partial charge in [0.25, 0.3) is 5.91 Å². The quantitative estimate of drug-likeness (QED) is 0.481. The third kappa shape index (κ3) is 4.83. The lowest BCUT2D eigenvalue weighted by Crippen LogP contribution is -2.37. The Balaban J connectivity index is 1.93. The van der Waals surface area contributed by atoms with Crippen molar-refractivity contribution in [3.8, 4) is 0 Å². The molecule has 1 aromatic carbocycles. The fourth-order valence-electron chi connectivity index (χ4n) is 1.97. The van der Waals surface area contributed by atoms with Gasteiger partial charge in [-0.05, 0) is 37.6 Å². The fraction of sp³-hybridized carbons (Fsp3) is 0.250. The maximum Gasteiger partial charge on any atom is 0.349 e. The molecule has 25 heavy (non-hydrogen) atoms. The maximum atomic E-state index is 12.9. The van der Waals surface area contributed by atoms with Crippen molar-refractivity contribution >= 4 is 28.2 Å². The number of esters is 1. The summed E-state index contributed by atoms with van der Waals surface area (Å²) in [5.74, 6) is -1.72. The van der Waals surface area contributed by atoms with Crippen molar-refractivity contribution in [3.63, 3.8) is 0 Å². The van der Waals surface area contributed by atoms with Crippen LogP contribution in [-0.4, -0.2) is 22.9 Å². The number of rotatable bonds is 6. The van der Waals surface area contributed by atoms with Crippen LogP contribution in [0.2, 0.25) is 0 Å². The van der Waals surface area contributed by atoms with Gasteiger partial charge in [-0.1, -0.05) is 23.5 Å². The highest BCUT2D eigenvalue weighted by molar-refractivity contribution is 7.17. The standard InChI is InChI=1S/C16H15FN2O5S/c1-9(11-3-5-12(17)6-4-11)18-15(20)10(2)24-16(21)13-7-8-14(25-13)19(22)23/h3-10H,1-2H3,(H,18,20)/t9-,10+/m1/s1. The summed E-state index contributed by atoms with van der Waals surface area (Å²) in [5, 5.41) is 13.1. The molecule has 0 saturated heterocycles. The number of nitro groups is 1. The Morgan fingerprint density at radius 1 is 1.20 bits per heavy atom. The summed E-state index contributed by atoms with van der Waals surface area (Å²) in [4.78, 5) is 34.1. The molecule has 9 heteroatoms. The first-order valence-electron chi connectivity index (χ1n) is 7.29. The van der Waals surface area contributed by atoms with Gasteiger partial charge in [-0.25, -0.2) is 9.18 Å². The molecule has 0 radical (unpaired) electrons. The summed E-state index contributed by atoms with van der Waals surface area (Å²) in [6.07, 6.45) is -1.09. The first kappa shape index (κ1) is 18.5. The minimum Gasteiger partial charge on any atom is -0.448 e. The molecule has 2 atom stereocenters. The first-order chi connectivity index (χ1) is 11.8. The van der Waals surface area contributed by atoms with Crippen LogP contribution in [0.25, 0.3) is 0 Å². The number of benzene rings is 1. The molecular weight excluding hydrogens is 351 g/mol. The Hall–Kier alpha value is -2.81. The predicted molar refractivity (Wildman–Crippen MR) is 88.8 cm³/mol. The van der Waals surface area contributed by atoms with E-state index in [-0.39, 0.29) is 15.7 Å². The first-order valence-corrected chi connectivity index (χ1v) is 8.10. The minimum absolute atomic E-state index is 0.0398. The van der Waals surface area contributed by atoms with Crippen molar-refractivity contribution in [1.82, 2.24) is 5.32 Å². The van der Waals surface area contributed by atoms with E-state index in [1.807, 2.05) is 0 Å². The van der Waals surface area contributed by atoms with Crippen LogP contribution >= 0.6 is 11.3 Å². The Bertz CT molecular complexity index is 790. The SMILES string of the molecule is C[C@H](OC(=O)c1ccc([N+](=O)[O-])s1)C(=O)N[C@H](C)c1ccc(F)cc1. The summed E-state index contributed by atoms with van der Waals surface area (Å²) in [5.41, 5.74) is 0.696. The number of nitrogens with one attached hydrogen (secondary N) is 1. The molecule has 0 spiro atoms. The number of thiophene rings is 1. The van der Waals surface area contributed by atoms with Gasteiger partial charge >= 0.3 is 11.0 Å². The van der Waals surface area contributed by atoms with Gasteiger partial charge in [0.2, 0.25) is 0 Å². The van der Waals surface area contributed by atoms with Gasteiger partial charge in [0, 0.05) is 6.07 Å². The highest BCUT2D eigenvalue weighted by Crippen LogP contribution is 2.24. The molecule has 1 aromatic heterocycles. The van der Waals surface area contributed by atoms with Gasteiger partial charge in [0.15, 0.2) is 6.10 Å². The van der Waals surface area contributed by atoms with Crippen molar-refractivity contribution in [2.24, 2.45) is 0 Å². The third-order valence-corrected chi connectivity index (χ3v) is 4.37. The molecule has 0 fully saturated rings. The van der Waals surface area contributed by atoms with Crippen molar-refractivity contribution in [1.29, 1.82) is 0 Å². The van der Waals surface area contributed by atoms with E-state index in [2.05, 4.69) is 5.32 Å². The van der Waals surface area contributed by atoms with Crippen LogP contribution in [-0.2, 0) is 9.53 Å². The summed E-state index contributed by atoms with van der Waals surface area (Å²) >= 11 is 0.674. The molecule has 0 aliphatic carbocycles. The van der Waals surface area contributed by atoms with E-state index in [9.17, 15) is 24.1 Å². The van der Waals surface area contributed by atoms with E-state index in [1.165, 1.54) is 31.2 Å². The molecule has 0 unspecified atom stereocenters. The van der Waals surface area contributed by atoms with Crippen LogP contribution in [0.1, 0.15) is 35.1 Å². The minimum atomic E-state index is -1.09. The van der Waals surface area contributed by atoms with Crippen LogP contribution < -0.4 is 5.32 Å². The number of amides is 1. The highest BCUT2D eigenvalue weighted by Gasteiger charge is 2.23. The Morgan fingerprint density at radius 3 is 2.40 bits per heavy atom. The monoisotopic (exact) mass is 366 g/mol. The number of carbonyl (C=O) groups excluding carboxylic acids is 2. The van der Waals surface area contributed by atoms with Crippen molar-refractivity contribution < 1.29 is 23.6 Å². The normalized spacial score (nSPS) is 12.9. The number of hydrogen-bond donors (Lipinski definition) is 1. The van der Waals surface area contributed by atoms with E-state index in [0.717, 1.165) is 0 Å². The summed E-state index contributed by atoms with van der Waals surface area (Å²) in [7, 11) is 0. The molecule has 0 aliphatic rings. The number of hydrogen-bond acceptors (Lipinski definition) is 6. The molecule has 132 valence electrons. The molecular formula is C16H15FN2O5S. The van der Waals surface area contributed by atoms with Crippen LogP contribution in [0.4, 0.5) is 9.39 Å². The number of ether oxygens (including phenoxy) is 1. The number of carbonyl (C=O) groups is 2. The highest BCUT2D eigenvalue weighted by atomic mass is 32.1. The molecule has 1 heterocycles. The van der Waals surface area contributed by atoms with E-state index in [1.54, 1.807) is 19.1 Å². The van der Waals surface area contributed by atoms with Gasteiger partial charge < -0.3 is 10.1 Å². The number of halogens is 1. The van der Waals surface area contributed by atoms with Crippen molar-refractivity contribution in [2.75, 3.05) is 0 Å². The van der Waals surface area contributed by atoms with E-state index in [0.29, 0.717) is 16.9 Å². The summed E-state index contributed by atoms with van der Waals surface area (Å²) in [6.45, 7) is 3.11. The van der Waals surface area contributed by atoms with Gasteiger partial charge in [-0.2, -0.15) is 0 Å². The Kier molecular flexibility index (Phi) is 5.81. The summed E-state index contributed by atoms with van der Waals surface area (Å²) in [6, 6.07) is 7.72. The predicted octanol–water partition coefficient (Wildman–Crippen LogP) is 3.22. The van der Waals surface area contributed by atoms with E-state index < -0.39 is 28.9 Å². The zero-order valence-corrected chi connectivity index (χ0v) is 14.2. The lowest BCUT2D eigenvalue weighted by Gasteiger charge is -2.18. The van der Waals surface area contributed by atoms with Crippen molar-refractivity contribution in [3.05, 3.63) is 62.8 Å². The van der Waals surface area contributed by atoms with Gasteiger partial charge in [0.1, 0.15) is 10.7 Å². The van der Waals surface area contributed by atoms with Crippen LogP contribution in [0, 0.1) is 15.9 Å². The Morgan fingerprint density at radius 2 is 1.84 bits per heavy atom. The van der Waals surface area contributed by atoms with Gasteiger partial charge in [-0.15, -0.1) is 0 Å². The zero-order valence-electron chi connectivity index (χ0n) is 13.4. The smallest absolute Gasteiger partial charge is 0.349 e.